The van der Waals surface area contributed by atoms with Crippen molar-refractivity contribution in [3.05, 3.63) is 71.1 Å². The van der Waals surface area contributed by atoms with Crippen LogP contribution in [-0.4, -0.2) is 23.3 Å². The molecule has 1 atom stereocenters. The number of aryl methyl sites for hydroxylation is 2. The number of hydrogen-bond acceptors (Lipinski definition) is 5. The second-order valence-electron chi connectivity index (χ2n) is 8.13. The van der Waals surface area contributed by atoms with Gasteiger partial charge in [-0.1, -0.05) is 44.5 Å². The van der Waals surface area contributed by atoms with Gasteiger partial charge in [-0.3, -0.25) is 4.79 Å². The van der Waals surface area contributed by atoms with Gasteiger partial charge in [-0.05, 0) is 62.1 Å². The Labute approximate surface area is 201 Å². The van der Waals surface area contributed by atoms with Gasteiger partial charge in [-0.15, -0.1) is 11.8 Å². The number of carbonyl (C=O) groups excluding carboxylic acids is 1. The average molecular weight is 467 g/mol. The standard InChI is InChI=1S/C27H34N2O3S/c1-5-7-16-31-24-14-12-22(13-15-24)19(3)28-26(30)18-33-17-25-20(4)32-27(29-25)23-10-8-21(6-2)9-11-23/h8-15,19H,5-7,16-18H2,1-4H3,(H,28,30)/t19-/m1/s1. The molecular formula is C27H34N2O3S. The largest absolute Gasteiger partial charge is 0.494 e. The van der Waals surface area contributed by atoms with Gasteiger partial charge < -0.3 is 14.5 Å². The van der Waals surface area contributed by atoms with Gasteiger partial charge in [0.1, 0.15) is 11.5 Å². The van der Waals surface area contributed by atoms with Crippen molar-refractivity contribution in [2.45, 2.75) is 58.8 Å². The van der Waals surface area contributed by atoms with Crippen LogP contribution in [0, 0.1) is 6.92 Å². The number of ether oxygens (including phenoxy) is 1. The molecule has 0 spiro atoms. The molecule has 1 N–H and O–H groups in total. The number of benzene rings is 2. The number of nitrogens with zero attached hydrogens (tertiary/aromatic N) is 1. The van der Waals surface area contributed by atoms with E-state index in [-0.39, 0.29) is 11.9 Å². The minimum absolute atomic E-state index is 0.00676. The summed E-state index contributed by atoms with van der Waals surface area (Å²) >= 11 is 1.54. The molecule has 3 aromatic rings. The lowest BCUT2D eigenvalue weighted by molar-refractivity contribution is -0.119. The smallest absolute Gasteiger partial charge is 0.230 e. The van der Waals surface area contributed by atoms with Crippen LogP contribution in [0.3, 0.4) is 0 Å². The van der Waals surface area contributed by atoms with E-state index in [1.165, 1.54) is 17.3 Å². The van der Waals surface area contributed by atoms with Crippen molar-refractivity contribution in [1.29, 1.82) is 0 Å². The Morgan fingerprint density at radius 1 is 1.12 bits per heavy atom. The predicted octanol–water partition coefficient (Wildman–Crippen LogP) is 6.50. The van der Waals surface area contributed by atoms with E-state index in [2.05, 4.69) is 36.3 Å². The van der Waals surface area contributed by atoms with E-state index in [0.717, 1.165) is 54.2 Å². The Morgan fingerprint density at radius 2 is 1.85 bits per heavy atom. The van der Waals surface area contributed by atoms with Crippen molar-refractivity contribution in [3.63, 3.8) is 0 Å². The Hall–Kier alpha value is -2.73. The van der Waals surface area contributed by atoms with Gasteiger partial charge in [0.05, 0.1) is 24.1 Å². The first kappa shape index (κ1) is 24.9. The summed E-state index contributed by atoms with van der Waals surface area (Å²) in [5.41, 5.74) is 4.20. The summed E-state index contributed by atoms with van der Waals surface area (Å²) in [5.74, 6) is 3.30. The number of oxazole rings is 1. The molecule has 2 aromatic carbocycles. The number of nitrogens with one attached hydrogen (secondary N) is 1. The molecule has 5 nitrogen and oxygen atoms in total. The zero-order valence-corrected chi connectivity index (χ0v) is 20.8. The topological polar surface area (TPSA) is 64.4 Å². The van der Waals surface area contributed by atoms with E-state index in [1.807, 2.05) is 50.2 Å². The fourth-order valence-electron chi connectivity index (χ4n) is 3.36. The fourth-order valence-corrected chi connectivity index (χ4v) is 4.19. The van der Waals surface area contributed by atoms with E-state index in [0.29, 0.717) is 17.4 Å². The molecular weight excluding hydrogens is 432 g/mol. The van der Waals surface area contributed by atoms with E-state index in [4.69, 9.17) is 9.15 Å². The first-order valence-electron chi connectivity index (χ1n) is 11.7. The maximum atomic E-state index is 12.4. The van der Waals surface area contributed by atoms with E-state index in [9.17, 15) is 4.79 Å². The van der Waals surface area contributed by atoms with Crippen molar-refractivity contribution >= 4 is 17.7 Å². The third-order valence-electron chi connectivity index (χ3n) is 5.50. The number of amides is 1. The maximum Gasteiger partial charge on any atom is 0.230 e. The Bertz CT molecular complexity index is 1010. The lowest BCUT2D eigenvalue weighted by atomic mass is 10.1. The fraction of sp³-hybridized carbons (Fsp3) is 0.407. The van der Waals surface area contributed by atoms with Gasteiger partial charge in [-0.25, -0.2) is 4.98 Å². The summed E-state index contributed by atoms with van der Waals surface area (Å²) in [5, 5.41) is 3.07. The SMILES string of the molecule is CCCCOc1ccc([C@@H](C)NC(=O)CSCc2nc(-c3ccc(CC)cc3)oc2C)cc1. The number of thioether (sulfide) groups is 1. The summed E-state index contributed by atoms with van der Waals surface area (Å²) in [6.07, 6.45) is 3.17. The number of unbranched alkanes of at least 4 members (excludes halogenated alkanes) is 1. The van der Waals surface area contributed by atoms with Crippen molar-refractivity contribution in [2.75, 3.05) is 12.4 Å². The first-order valence-corrected chi connectivity index (χ1v) is 12.8. The highest BCUT2D eigenvalue weighted by Crippen LogP contribution is 2.25. The van der Waals surface area contributed by atoms with Gasteiger partial charge in [0, 0.05) is 11.3 Å². The number of aromatic nitrogens is 1. The molecule has 0 radical (unpaired) electrons. The Kier molecular flexibility index (Phi) is 9.43. The quantitative estimate of drug-likeness (QED) is 0.309. The number of carbonyl (C=O) groups is 1. The molecule has 0 bridgehead atoms. The molecule has 0 aliphatic rings. The third kappa shape index (κ3) is 7.39. The zero-order chi connectivity index (χ0) is 23.6. The lowest BCUT2D eigenvalue weighted by Crippen LogP contribution is -2.28. The summed E-state index contributed by atoms with van der Waals surface area (Å²) in [4.78, 5) is 17.1. The van der Waals surface area contributed by atoms with E-state index >= 15 is 0 Å². The molecule has 176 valence electrons. The molecule has 33 heavy (non-hydrogen) atoms. The second kappa shape index (κ2) is 12.5. The van der Waals surface area contributed by atoms with Crippen LogP contribution in [0.15, 0.2) is 52.9 Å². The average Bonchev–Trinajstić information content (AvgIpc) is 3.20. The van der Waals surface area contributed by atoms with Crippen molar-refractivity contribution in [3.8, 4) is 17.2 Å². The van der Waals surface area contributed by atoms with Gasteiger partial charge in [0.25, 0.3) is 0 Å². The molecule has 0 fully saturated rings. The monoisotopic (exact) mass is 466 g/mol. The molecule has 0 aliphatic heterocycles. The second-order valence-corrected chi connectivity index (χ2v) is 9.11. The summed E-state index contributed by atoms with van der Waals surface area (Å²) in [6, 6.07) is 16.2. The summed E-state index contributed by atoms with van der Waals surface area (Å²) < 4.78 is 11.6. The van der Waals surface area contributed by atoms with Crippen LogP contribution in [0.4, 0.5) is 0 Å². The molecule has 6 heteroatoms. The highest BCUT2D eigenvalue weighted by atomic mass is 32.2. The molecule has 0 aliphatic carbocycles. The highest BCUT2D eigenvalue weighted by molar-refractivity contribution is 7.99. The molecule has 0 saturated carbocycles. The first-order chi connectivity index (χ1) is 16.0. The van der Waals surface area contributed by atoms with Gasteiger partial charge >= 0.3 is 0 Å². The van der Waals surface area contributed by atoms with Crippen molar-refractivity contribution in [2.24, 2.45) is 0 Å². The lowest BCUT2D eigenvalue weighted by Gasteiger charge is -2.15. The van der Waals surface area contributed by atoms with Gasteiger partial charge in [0.15, 0.2) is 0 Å². The molecule has 1 amide bonds. The summed E-state index contributed by atoms with van der Waals surface area (Å²) in [7, 11) is 0. The van der Waals surface area contributed by atoms with Crippen LogP contribution >= 0.6 is 11.8 Å². The van der Waals surface area contributed by atoms with Crippen LogP contribution in [0.5, 0.6) is 5.75 Å². The normalized spacial score (nSPS) is 11.9. The van der Waals surface area contributed by atoms with Crippen LogP contribution in [0.2, 0.25) is 0 Å². The maximum absolute atomic E-state index is 12.4. The van der Waals surface area contributed by atoms with Crippen LogP contribution in [0.1, 0.15) is 62.2 Å². The number of rotatable bonds is 12. The van der Waals surface area contributed by atoms with Crippen molar-refractivity contribution < 1.29 is 13.9 Å². The molecule has 0 saturated heterocycles. The van der Waals surface area contributed by atoms with Gasteiger partial charge in [0.2, 0.25) is 11.8 Å². The van der Waals surface area contributed by atoms with E-state index < -0.39 is 0 Å². The highest BCUT2D eigenvalue weighted by Gasteiger charge is 2.14. The van der Waals surface area contributed by atoms with E-state index in [1.54, 1.807) is 0 Å². The molecule has 3 rings (SSSR count). The van der Waals surface area contributed by atoms with Crippen LogP contribution < -0.4 is 10.1 Å². The zero-order valence-electron chi connectivity index (χ0n) is 20.0. The minimum atomic E-state index is -0.0609. The van der Waals surface area contributed by atoms with Crippen LogP contribution in [0.25, 0.3) is 11.5 Å². The summed E-state index contributed by atoms with van der Waals surface area (Å²) in [6.45, 7) is 8.93. The molecule has 0 unspecified atom stereocenters. The van der Waals surface area contributed by atoms with Crippen LogP contribution in [-0.2, 0) is 17.0 Å². The van der Waals surface area contributed by atoms with Gasteiger partial charge in [-0.2, -0.15) is 0 Å². The molecule has 1 aromatic heterocycles. The molecule has 1 heterocycles. The van der Waals surface area contributed by atoms with Crippen molar-refractivity contribution in [1.82, 2.24) is 10.3 Å². The Morgan fingerprint density at radius 3 is 2.52 bits per heavy atom. The predicted molar refractivity (Wildman–Crippen MR) is 136 cm³/mol. The minimum Gasteiger partial charge on any atom is -0.494 e. The number of hydrogen-bond donors (Lipinski definition) is 1. The third-order valence-corrected chi connectivity index (χ3v) is 6.44. The Balaban J connectivity index is 1.45.